The van der Waals surface area contributed by atoms with Gasteiger partial charge in [0.15, 0.2) is 0 Å². The molecule has 1 heterocycles. The Hall–Kier alpha value is -0.580. The van der Waals surface area contributed by atoms with Crippen LogP contribution in [-0.2, 0) is 15.0 Å². The smallest absolute Gasteiger partial charge is 0.352 e. The summed E-state index contributed by atoms with van der Waals surface area (Å²) in [7, 11) is -4.16. The number of halogens is 4. The first-order chi connectivity index (χ1) is 9.51. The summed E-state index contributed by atoms with van der Waals surface area (Å²) in [4.78, 5) is 11.4. The van der Waals surface area contributed by atoms with Gasteiger partial charge in [-0.05, 0) is 19.8 Å². The van der Waals surface area contributed by atoms with Crippen LogP contribution in [0.4, 0.5) is 13.2 Å². The maximum absolute atomic E-state index is 12.0. The van der Waals surface area contributed by atoms with Crippen LogP contribution < -0.4 is 10.0 Å². The van der Waals surface area contributed by atoms with Gasteiger partial charge < -0.3 is 5.32 Å². The van der Waals surface area contributed by atoms with Crippen molar-refractivity contribution in [2.45, 2.75) is 37.4 Å². The van der Waals surface area contributed by atoms with Crippen LogP contribution in [-0.4, -0.2) is 55.9 Å². The fourth-order valence-corrected chi connectivity index (χ4v) is 3.10. The maximum atomic E-state index is 12.0. The van der Waals surface area contributed by atoms with E-state index in [0.29, 0.717) is 12.8 Å². The predicted octanol–water partition coefficient (Wildman–Crippen LogP) is 0.591. The van der Waals surface area contributed by atoms with Crippen molar-refractivity contribution in [2.24, 2.45) is 0 Å². The minimum absolute atomic E-state index is 0.0365. The average Bonchev–Trinajstić information content (AvgIpc) is 2.36. The third-order valence-electron chi connectivity index (χ3n) is 2.96. The Bertz CT molecular complexity index is 462. The Balaban J connectivity index is 2.47. The van der Waals surface area contributed by atoms with Crippen molar-refractivity contribution in [2.75, 3.05) is 19.6 Å². The van der Waals surface area contributed by atoms with Gasteiger partial charge in [0.1, 0.15) is 11.9 Å². The Morgan fingerprint density at radius 2 is 1.90 bits per heavy atom. The molecule has 2 N–H and O–H groups in total. The summed E-state index contributed by atoms with van der Waals surface area (Å²) in [5.41, 5.74) is 0. The molecular weight excluding hydrogens is 335 g/mol. The van der Waals surface area contributed by atoms with Crippen LogP contribution in [0.3, 0.4) is 0 Å². The number of carbonyl (C=O) groups excluding carboxylic acids is 1. The van der Waals surface area contributed by atoms with E-state index >= 15 is 0 Å². The van der Waals surface area contributed by atoms with E-state index < -0.39 is 28.3 Å². The van der Waals surface area contributed by atoms with Crippen LogP contribution in [0.1, 0.15) is 19.8 Å². The topological polar surface area (TPSA) is 78.5 Å². The summed E-state index contributed by atoms with van der Waals surface area (Å²) in [6.45, 7) is -0.0170. The first kappa shape index (κ1) is 18.5. The lowest BCUT2D eigenvalue weighted by Crippen LogP contribution is -2.51. The second-order valence-corrected chi connectivity index (χ2v) is 7.15. The molecule has 0 radical (unpaired) electrons. The fraction of sp³-hybridized carbons (Fsp3) is 0.900. The largest absolute Gasteiger partial charge is 0.402 e. The molecule has 1 aliphatic rings. The molecule has 21 heavy (non-hydrogen) atoms. The average molecular weight is 352 g/mol. The molecule has 6 nitrogen and oxygen atoms in total. The summed E-state index contributed by atoms with van der Waals surface area (Å²) in [5, 5.41) is 1.96. The first-order valence-electron chi connectivity index (χ1n) is 6.27. The summed E-state index contributed by atoms with van der Waals surface area (Å²) < 4.78 is 61.9. The van der Waals surface area contributed by atoms with Crippen molar-refractivity contribution in [3.63, 3.8) is 0 Å². The normalized spacial score (nSPS) is 20.2. The molecule has 0 aromatic heterocycles. The molecule has 1 aliphatic heterocycles. The highest BCUT2D eigenvalue weighted by molar-refractivity contribution is 7.87. The molecule has 1 atom stereocenters. The predicted molar refractivity (Wildman–Crippen MR) is 71.0 cm³/mol. The van der Waals surface area contributed by atoms with Crippen LogP contribution in [0.25, 0.3) is 0 Å². The zero-order valence-corrected chi connectivity index (χ0v) is 12.9. The van der Waals surface area contributed by atoms with Crippen molar-refractivity contribution in [3.8, 4) is 0 Å². The lowest BCUT2D eigenvalue weighted by atomic mass is 10.1. The van der Waals surface area contributed by atoms with Crippen LogP contribution in [0.5, 0.6) is 0 Å². The Labute approximate surface area is 126 Å². The molecule has 0 bridgehead atoms. The van der Waals surface area contributed by atoms with Crippen LogP contribution >= 0.6 is 11.6 Å². The summed E-state index contributed by atoms with van der Waals surface area (Å²) >= 11 is 5.60. The summed E-state index contributed by atoms with van der Waals surface area (Å²) in [6, 6.07) is -0.229. The van der Waals surface area contributed by atoms with Gasteiger partial charge in [0.25, 0.3) is 10.2 Å². The molecule has 0 saturated carbocycles. The van der Waals surface area contributed by atoms with Crippen molar-refractivity contribution in [1.29, 1.82) is 0 Å². The monoisotopic (exact) mass is 351 g/mol. The molecule has 0 spiro atoms. The molecule has 0 aromatic carbocycles. The fourth-order valence-electron chi connectivity index (χ4n) is 1.82. The summed E-state index contributed by atoms with van der Waals surface area (Å²) in [6.07, 6.45) is -3.96. The Morgan fingerprint density at radius 3 is 2.33 bits per heavy atom. The van der Waals surface area contributed by atoms with Gasteiger partial charge in [0.05, 0.1) is 0 Å². The number of carbonyl (C=O) groups is 1. The number of alkyl halides is 4. The van der Waals surface area contributed by atoms with Crippen molar-refractivity contribution >= 4 is 27.7 Å². The standard InChI is InChI=1S/C10H17ClF3N3O3S/c1-7(11)9(18)16-8-2-4-17(5-3-8)21(19,20)15-6-10(12,13)14/h7-8,15H,2-6H2,1H3,(H,16,18). The van der Waals surface area contributed by atoms with Gasteiger partial charge >= 0.3 is 6.18 Å². The van der Waals surface area contributed by atoms with Gasteiger partial charge in [-0.25, -0.2) is 0 Å². The number of piperidine rings is 1. The third-order valence-corrected chi connectivity index (χ3v) is 4.71. The molecular formula is C10H17ClF3N3O3S. The third kappa shape index (κ3) is 6.37. The first-order valence-corrected chi connectivity index (χ1v) is 8.15. The number of amides is 1. The maximum Gasteiger partial charge on any atom is 0.402 e. The summed E-state index contributed by atoms with van der Waals surface area (Å²) in [5.74, 6) is -0.354. The van der Waals surface area contributed by atoms with E-state index in [0.717, 1.165) is 4.31 Å². The van der Waals surface area contributed by atoms with Crippen molar-refractivity contribution in [1.82, 2.24) is 14.3 Å². The number of hydrogen-bond donors (Lipinski definition) is 2. The van der Waals surface area contributed by atoms with E-state index in [1.165, 1.54) is 11.6 Å². The Morgan fingerprint density at radius 1 is 1.38 bits per heavy atom. The highest BCUT2D eigenvalue weighted by Crippen LogP contribution is 2.16. The minimum Gasteiger partial charge on any atom is -0.352 e. The molecule has 1 unspecified atom stereocenters. The van der Waals surface area contributed by atoms with Crippen LogP contribution in [0.15, 0.2) is 0 Å². The number of rotatable bonds is 5. The molecule has 1 fully saturated rings. The highest BCUT2D eigenvalue weighted by Gasteiger charge is 2.33. The van der Waals surface area contributed by atoms with E-state index in [9.17, 15) is 26.4 Å². The van der Waals surface area contributed by atoms with Gasteiger partial charge in [-0.1, -0.05) is 0 Å². The Kier molecular flexibility index (Phi) is 6.26. The molecule has 0 aliphatic carbocycles. The van der Waals surface area contributed by atoms with E-state index in [1.807, 2.05) is 0 Å². The van der Waals surface area contributed by atoms with E-state index in [4.69, 9.17) is 11.6 Å². The highest BCUT2D eigenvalue weighted by atomic mass is 35.5. The lowest BCUT2D eigenvalue weighted by Gasteiger charge is -2.31. The number of hydrogen-bond acceptors (Lipinski definition) is 3. The number of nitrogens with zero attached hydrogens (tertiary/aromatic N) is 1. The zero-order chi connectivity index (χ0) is 16.3. The number of nitrogens with one attached hydrogen (secondary N) is 2. The second-order valence-electron chi connectivity index (χ2n) is 4.74. The van der Waals surface area contributed by atoms with E-state index in [-0.39, 0.29) is 25.0 Å². The van der Waals surface area contributed by atoms with Crippen molar-refractivity contribution in [3.05, 3.63) is 0 Å². The molecule has 124 valence electrons. The molecule has 1 saturated heterocycles. The van der Waals surface area contributed by atoms with Gasteiger partial charge in [-0.15, -0.1) is 11.6 Å². The van der Waals surface area contributed by atoms with E-state index in [2.05, 4.69) is 5.32 Å². The molecule has 11 heteroatoms. The lowest BCUT2D eigenvalue weighted by molar-refractivity contribution is -0.122. The zero-order valence-electron chi connectivity index (χ0n) is 11.3. The van der Waals surface area contributed by atoms with Gasteiger partial charge in [-0.2, -0.15) is 30.6 Å². The van der Waals surface area contributed by atoms with Gasteiger partial charge in [0.2, 0.25) is 5.91 Å². The molecule has 1 rings (SSSR count). The van der Waals surface area contributed by atoms with Crippen LogP contribution in [0.2, 0.25) is 0 Å². The molecule has 0 aromatic rings. The second kappa shape index (κ2) is 7.12. The minimum atomic E-state index is -4.60. The SMILES string of the molecule is CC(Cl)C(=O)NC1CCN(S(=O)(=O)NCC(F)(F)F)CC1. The van der Waals surface area contributed by atoms with Gasteiger partial charge in [-0.3, -0.25) is 4.79 Å². The van der Waals surface area contributed by atoms with Crippen LogP contribution in [0, 0.1) is 0 Å². The molecule has 1 amide bonds. The quantitative estimate of drug-likeness (QED) is 0.712. The van der Waals surface area contributed by atoms with Crippen molar-refractivity contribution < 1.29 is 26.4 Å². The van der Waals surface area contributed by atoms with Gasteiger partial charge in [0, 0.05) is 19.1 Å². The van der Waals surface area contributed by atoms with E-state index in [1.54, 1.807) is 0 Å².